The molecule has 1 N–H and O–H groups in total. The number of aromatic carboxylic acids is 1. The highest BCUT2D eigenvalue weighted by Gasteiger charge is 2.39. The number of hydrogen-bond donors (Lipinski definition) is 1. The molecular weight excluding hydrogens is 408 g/mol. The van der Waals surface area contributed by atoms with E-state index < -0.39 is 17.3 Å². The van der Waals surface area contributed by atoms with E-state index in [-0.39, 0.29) is 5.69 Å². The molecule has 2 aromatic carbocycles. The number of carboxylic acids is 1. The molecule has 0 saturated heterocycles. The predicted octanol–water partition coefficient (Wildman–Crippen LogP) is 3.98. The summed E-state index contributed by atoms with van der Waals surface area (Å²) in [6.07, 6.45) is 5.16. The number of aromatic nitrogens is 2. The standard InChI is InChI=1S/C25H22N2O5/c1-4-22(28)27-21-15-25(16-5-9-18(31-2)10-6-16,17-7-11-19(32-3)12-8-17)14-13-20(21)23(26-27)24(29)30/h4-14H,1,15H2,2-3H3,(H,29,30). The van der Waals surface area contributed by atoms with Gasteiger partial charge >= 0.3 is 5.97 Å². The van der Waals surface area contributed by atoms with Crippen molar-refractivity contribution in [1.82, 2.24) is 9.78 Å². The molecule has 0 aliphatic heterocycles. The fourth-order valence-electron chi connectivity index (χ4n) is 4.13. The van der Waals surface area contributed by atoms with Crippen LogP contribution in [-0.4, -0.2) is 41.0 Å². The van der Waals surface area contributed by atoms with Gasteiger partial charge in [0.1, 0.15) is 11.5 Å². The molecule has 0 fully saturated rings. The van der Waals surface area contributed by atoms with Crippen LogP contribution < -0.4 is 9.47 Å². The fraction of sp³-hybridized carbons (Fsp3) is 0.160. The number of methoxy groups -OCH3 is 2. The van der Waals surface area contributed by atoms with Crippen LogP contribution in [0.4, 0.5) is 0 Å². The van der Waals surface area contributed by atoms with Crippen molar-refractivity contribution in [2.24, 2.45) is 0 Å². The van der Waals surface area contributed by atoms with Gasteiger partial charge in [-0.05, 0) is 41.5 Å². The molecule has 0 saturated carbocycles. The van der Waals surface area contributed by atoms with Gasteiger partial charge in [0.2, 0.25) is 0 Å². The van der Waals surface area contributed by atoms with E-state index >= 15 is 0 Å². The molecule has 0 bridgehead atoms. The molecule has 0 unspecified atom stereocenters. The van der Waals surface area contributed by atoms with Crippen LogP contribution >= 0.6 is 0 Å². The molecular formula is C25H22N2O5. The molecule has 4 rings (SSSR count). The van der Waals surface area contributed by atoms with Gasteiger partial charge in [0.15, 0.2) is 5.69 Å². The molecule has 1 aliphatic rings. The molecule has 162 valence electrons. The molecule has 1 aromatic heterocycles. The molecule has 0 atom stereocenters. The van der Waals surface area contributed by atoms with E-state index in [2.05, 4.69) is 11.7 Å². The highest BCUT2D eigenvalue weighted by molar-refractivity contribution is 5.95. The molecule has 0 spiro atoms. The van der Waals surface area contributed by atoms with Gasteiger partial charge in [-0.3, -0.25) is 4.79 Å². The maximum absolute atomic E-state index is 12.5. The Morgan fingerprint density at radius 3 is 2.00 bits per heavy atom. The highest BCUT2D eigenvalue weighted by Crippen LogP contribution is 2.43. The number of nitrogens with zero attached hydrogens (tertiary/aromatic N) is 2. The number of carboxylic acid groups (broad SMARTS) is 1. The SMILES string of the molecule is C=CC(=O)n1nc(C(=O)O)c2c1CC(c1ccc(OC)cc1)(c1ccc(OC)cc1)C=C2. The summed E-state index contributed by atoms with van der Waals surface area (Å²) >= 11 is 0. The minimum absolute atomic E-state index is 0.162. The van der Waals surface area contributed by atoms with E-state index in [0.29, 0.717) is 17.7 Å². The zero-order valence-corrected chi connectivity index (χ0v) is 17.7. The number of rotatable bonds is 6. The Bertz CT molecular complexity index is 1170. The largest absolute Gasteiger partial charge is 0.497 e. The molecule has 7 heteroatoms. The van der Waals surface area contributed by atoms with Gasteiger partial charge < -0.3 is 14.6 Å². The van der Waals surface area contributed by atoms with Crippen molar-refractivity contribution < 1.29 is 24.2 Å². The molecule has 1 heterocycles. The topological polar surface area (TPSA) is 90.7 Å². The van der Waals surface area contributed by atoms with E-state index in [4.69, 9.17) is 9.47 Å². The number of ether oxygens (including phenoxy) is 2. The summed E-state index contributed by atoms with van der Waals surface area (Å²) in [5.41, 5.74) is 2.03. The van der Waals surface area contributed by atoms with Crippen molar-refractivity contribution in [1.29, 1.82) is 0 Å². The van der Waals surface area contributed by atoms with Gasteiger partial charge in [0.05, 0.1) is 19.9 Å². The monoisotopic (exact) mass is 430 g/mol. The average molecular weight is 430 g/mol. The Morgan fingerprint density at radius 1 is 1.03 bits per heavy atom. The van der Waals surface area contributed by atoms with E-state index in [1.165, 1.54) is 0 Å². The number of hydrogen-bond acceptors (Lipinski definition) is 5. The molecule has 32 heavy (non-hydrogen) atoms. The smallest absolute Gasteiger partial charge is 0.357 e. The minimum Gasteiger partial charge on any atom is -0.497 e. The van der Waals surface area contributed by atoms with Crippen molar-refractivity contribution in [2.45, 2.75) is 11.8 Å². The Morgan fingerprint density at radius 2 is 1.56 bits per heavy atom. The second-order valence-corrected chi connectivity index (χ2v) is 7.41. The van der Waals surface area contributed by atoms with Gasteiger partial charge in [-0.2, -0.15) is 9.78 Å². The summed E-state index contributed by atoms with van der Waals surface area (Å²) in [7, 11) is 3.21. The number of fused-ring (bicyclic) bond motifs is 1. The van der Waals surface area contributed by atoms with Crippen LogP contribution in [0.25, 0.3) is 6.08 Å². The molecule has 7 nitrogen and oxygen atoms in total. The maximum atomic E-state index is 12.5. The van der Waals surface area contributed by atoms with Crippen LogP contribution in [0.3, 0.4) is 0 Å². The third-order valence-corrected chi connectivity index (χ3v) is 5.80. The Hall–Kier alpha value is -4.13. The van der Waals surface area contributed by atoms with Crippen LogP contribution in [-0.2, 0) is 11.8 Å². The zero-order valence-electron chi connectivity index (χ0n) is 17.7. The Labute approximate surface area is 185 Å². The fourth-order valence-corrected chi connectivity index (χ4v) is 4.13. The summed E-state index contributed by atoms with van der Waals surface area (Å²) in [5, 5.41) is 13.7. The van der Waals surface area contributed by atoms with Crippen molar-refractivity contribution >= 4 is 18.0 Å². The first-order chi connectivity index (χ1) is 15.4. The van der Waals surface area contributed by atoms with Gasteiger partial charge in [-0.1, -0.05) is 43.0 Å². The molecule has 0 radical (unpaired) electrons. The quantitative estimate of drug-likeness (QED) is 0.595. The van der Waals surface area contributed by atoms with Crippen LogP contribution in [0.5, 0.6) is 11.5 Å². The van der Waals surface area contributed by atoms with Gasteiger partial charge in [-0.15, -0.1) is 0 Å². The van der Waals surface area contributed by atoms with E-state index in [1.807, 2.05) is 54.6 Å². The normalized spacial score (nSPS) is 13.8. The summed E-state index contributed by atoms with van der Waals surface area (Å²) in [6.45, 7) is 3.53. The molecule has 1 aliphatic carbocycles. The number of carbonyl (C=O) groups excluding carboxylic acids is 1. The average Bonchev–Trinajstić information content (AvgIpc) is 3.22. The summed E-state index contributed by atoms with van der Waals surface area (Å²) < 4.78 is 11.7. The van der Waals surface area contributed by atoms with Gasteiger partial charge in [0, 0.05) is 17.4 Å². The number of benzene rings is 2. The van der Waals surface area contributed by atoms with Gasteiger partial charge in [0.25, 0.3) is 5.91 Å². The van der Waals surface area contributed by atoms with Crippen LogP contribution in [0.2, 0.25) is 0 Å². The van der Waals surface area contributed by atoms with Crippen LogP contribution in [0.15, 0.2) is 67.3 Å². The predicted molar refractivity (Wildman–Crippen MR) is 120 cm³/mol. The first-order valence-electron chi connectivity index (χ1n) is 9.93. The second-order valence-electron chi connectivity index (χ2n) is 7.41. The summed E-state index contributed by atoms with van der Waals surface area (Å²) in [4.78, 5) is 24.3. The Balaban J connectivity index is 1.94. The minimum atomic E-state index is -1.19. The van der Waals surface area contributed by atoms with Gasteiger partial charge in [-0.25, -0.2) is 4.79 Å². The van der Waals surface area contributed by atoms with E-state index in [9.17, 15) is 14.7 Å². The third kappa shape index (κ3) is 3.37. The number of allylic oxidation sites excluding steroid dienone is 2. The van der Waals surface area contributed by atoms with Crippen molar-refractivity contribution in [3.63, 3.8) is 0 Å². The van der Waals surface area contributed by atoms with Crippen molar-refractivity contribution in [2.75, 3.05) is 14.2 Å². The van der Waals surface area contributed by atoms with Crippen molar-refractivity contribution in [3.8, 4) is 11.5 Å². The van der Waals surface area contributed by atoms with E-state index in [0.717, 1.165) is 33.4 Å². The third-order valence-electron chi connectivity index (χ3n) is 5.80. The molecule has 3 aromatic rings. The Kier molecular flexibility index (Phi) is 5.40. The first-order valence-corrected chi connectivity index (χ1v) is 9.93. The summed E-state index contributed by atoms with van der Waals surface area (Å²) in [6, 6.07) is 15.4. The van der Waals surface area contributed by atoms with Crippen LogP contribution in [0, 0.1) is 0 Å². The van der Waals surface area contributed by atoms with E-state index in [1.54, 1.807) is 20.3 Å². The zero-order chi connectivity index (χ0) is 22.9. The van der Waals surface area contributed by atoms with Crippen molar-refractivity contribution in [3.05, 3.63) is 95.3 Å². The highest BCUT2D eigenvalue weighted by atomic mass is 16.5. The lowest BCUT2D eigenvalue weighted by atomic mass is 9.68. The lowest BCUT2D eigenvalue weighted by molar-refractivity contribution is 0.0689. The first kappa shape index (κ1) is 21.1. The number of carbonyl (C=O) groups is 2. The lowest BCUT2D eigenvalue weighted by Crippen LogP contribution is -2.32. The molecule has 0 amide bonds. The van der Waals surface area contributed by atoms with Crippen LogP contribution in [0.1, 0.15) is 37.7 Å². The summed E-state index contributed by atoms with van der Waals surface area (Å²) in [5.74, 6) is -0.233. The second kappa shape index (κ2) is 8.19. The lowest BCUT2D eigenvalue weighted by Gasteiger charge is -2.35. The maximum Gasteiger partial charge on any atom is 0.357 e.